The number of hydrogen-bond donors (Lipinski definition) is 2. The minimum Gasteiger partial charge on any atom is -0.365 e. The Labute approximate surface area is 155 Å². The monoisotopic (exact) mass is 391 g/mol. The van der Waals surface area contributed by atoms with Crippen molar-refractivity contribution in [3.8, 4) is 0 Å². The standard InChI is InChI=1S/C17H17N3O4S2/c1-10-3-6-13(9-11(10)2)20-16(21)15(25-17(20)22)19-12-4-7-14(8-5-12)26(18,23)24/h3-9,15,19H,1-2H3,(H2,18,23,24)/t15-/m0/s1. The average Bonchev–Trinajstić information content (AvgIpc) is 2.84. The molecule has 1 atom stereocenters. The second-order valence-corrected chi connectivity index (χ2v) is 8.54. The molecule has 0 aliphatic carbocycles. The third-order valence-electron chi connectivity index (χ3n) is 4.08. The maximum atomic E-state index is 12.6. The molecule has 2 aromatic rings. The first-order valence-corrected chi connectivity index (χ1v) is 10.1. The lowest BCUT2D eigenvalue weighted by molar-refractivity contribution is -0.116. The van der Waals surface area contributed by atoms with Gasteiger partial charge in [0.05, 0.1) is 10.6 Å². The summed E-state index contributed by atoms with van der Waals surface area (Å²) in [6.45, 7) is 3.87. The van der Waals surface area contributed by atoms with Crippen LogP contribution in [0.3, 0.4) is 0 Å². The number of carbonyl (C=O) groups excluding carboxylic acids is 2. The van der Waals surface area contributed by atoms with Crippen molar-refractivity contribution in [3.05, 3.63) is 53.6 Å². The SMILES string of the molecule is Cc1ccc(N2C(=O)S[C@H](Nc3ccc(S(N)(=O)=O)cc3)C2=O)cc1C. The number of thioether (sulfide) groups is 1. The van der Waals surface area contributed by atoms with E-state index in [9.17, 15) is 18.0 Å². The summed E-state index contributed by atoms with van der Waals surface area (Å²) in [5.41, 5.74) is 3.11. The first-order chi connectivity index (χ1) is 12.2. The molecule has 0 unspecified atom stereocenters. The topological polar surface area (TPSA) is 110 Å². The molecular weight excluding hydrogens is 374 g/mol. The van der Waals surface area contributed by atoms with Crippen molar-refractivity contribution in [1.29, 1.82) is 0 Å². The van der Waals surface area contributed by atoms with E-state index in [0.717, 1.165) is 27.8 Å². The van der Waals surface area contributed by atoms with Crippen LogP contribution in [0, 0.1) is 13.8 Å². The summed E-state index contributed by atoms with van der Waals surface area (Å²) in [5.74, 6) is -0.376. The average molecular weight is 391 g/mol. The van der Waals surface area contributed by atoms with Crippen LogP contribution in [-0.2, 0) is 14.8 Å². The van der Waals surface area contributed by atoms with Gasteiger partial charge in [-0.3, -0.25) is 9.59 Å². The summed E-state index contributed by atoms with van der Waals surface area (Å²) in [5, 5.41) is 6.85. The Bertz CT molecular complexity index is 988. The minimum absolute atomic E-state index is 0.0266. The number of benzene rings is 2. The molecule has 3 rings (SSSR count). The van der Waals surface area contributed by atoms with Crippen molar-refractivity contribution in [1.82, 2.24) is 0 Å². The number of nitrogens with zero attached hydrogens (tertiary/aromatic N) is 1. The molecule has 2 amide bonds. The zero-order valence-electron chi connectivity index (χ0n) is 14.1. The molecule has 1 fully saturated rings. The third-order valence-corrected chi connectivity index (χ3v) is 5.94. The van der Waals surface area contributed by atoms with Crippen molar-refractivity contribution in [2.24, 2.45) is 5.14 Å². The number of carbonyl (C=O) groups is 2. The van der Waals surface area contributed by atoms with E-state index < -0.39 is 15.4 Å². The largest absolute Gasteiger partial charge is 0.365 e. The number of aryl methyl sites for hydroxylation is 2. The fourth-order valence-electron chi connectivity index (χ4n) is 2.49. The zero-order valence-corrected chi connectivity index (χ0v) is 15.7. The van der Waals surface area contributed by atoms with E-state index in [2.05, 4.69) is 5.32 Å². The van der Waals surface area contributed by atoms with Crippen LogP contribution >= 0.6 is 11.8 Å². The molecule has 1 aliphatic rings. The van der Waals surface area contributed by atoms with Gasteiger partial charge in [-0.05, 0) is 73.1 Å². The normalized spacial score (nSPS) is 17.7. The molecule has 0 radical (unpaired) electrons. The highest BCUT2D eigenvalue weighted by molar-refractivity contribution is 8.16. The van der Waals surface area contributed by atoms with Gasteiger partial charge in [-0.1, -0.05) is 6.07 Å². The summed E-state index contributed by atoms with van der Waals surface area (Å²) in [6.07, 6.45) is 0. The number of amides is 2. The summed E-state index contributed by atoms with van der Waals surface area (Å²) in [7, 11) is -3.78. The fourth-order valence-corrected chi connectivity index (χ4v) is 3.91. The highest BCUT2D eigenvalue weighted by atomic mass is 32.2. The van der Waals surface area contributed by atoms with E-state index in [1.165, 1.54) is 24.3 Å². The molecule has 2 aromatic carbocycles. The number of hydrogen-bond acceptors (Lipinski definition) is 6. The van der Waals surface area contributed by atoms with Crippen molar-refractivity contribution in [2.75, 3.05) is 10.2 Å². The Morgan fingerprint density at radius 3 is 2.27 bits per heavy atom. The molecule has 0 aromatic heterocycles. The number of anilines is 2. The predicted octanol–water partition coefficient (Wildman–Crippen LogP) is 2.59. The van der Waals surface area contributed by atoms with Crippen molar-refractivity contribution >= 4 is 44.3 Å². The van der Waals surface area contributed by atoms with Crippen LogP contribution in [-0.4, -0.2) is 24.9 Å². The van der Waals surface area contributed by atoms with Gasteiger partial charge in [0.15, 0.2) is 5.37 Å². The van der Waals surface area contributed by atoms with Crippen LogP contribution in [0.1, 0.15) is 11.1 Å². The summed E-state index contributed by atoms with van der Waals surface area (Å²) >= 11 is 0.875. The van der Waals surface area contributed by atoms with E-state index in [-0.39, 0.29) is 16.0 Å². The van der Waals surface area contributed by atoms with Crippen molar-refractivity contribution in [2.45, 2.75) is 24.1 Å². The number of imide groups is 1. The predicted molar refractivity (Wildman–Crippen MR) is 102 cm³/mol. The van der Waals surface area contributed by atoms with Crippen LogP contribution in [0.15, 0.2) is 47.4 Å². The molecule has 1 saturated heterocycles. The van der Waals surface area contributed by atoms with Gasteiger partial charge in [0.25, 0.3) is 11.1 Å². The molecule has 3 N–H and O–H groups in total. The van der Waals surface area contributed by atoms with Gasteiger partial charge >= 0.3 is 0 Å². The number of rotatable bonds is 4. The molecule has 9 heteroatoms. The van der Waals surface area contributed by atoms with E-state index in [1.54, 1.807) is 12.1 Å². The summed E-state index contributed by atoms with van der Waals surface area (Å²) in [6, 6.07) is 11.1. The van der Waals surface area contributed by atoms with E-state index in [1.807, 2.05) is 19.9 Å². The quantitative estimate of drug-likeness (QED) is 0.829. The van der Waals surface area contributed by atoms with Crippen LogP contribution in [0.4, 0.5) is 16.2 Å². The van der Waals surface area contributed by atoms with E-state index in [4.69, 9.17) is 5.14 Å². The Morgan fingerprint density at radius 2 is 1.69 bits per heavy atom. The first-order valence-electron chi connectivity index (χ1n) is 7.68. The minimum atomic E-state index is -3.78. The van der Waals surface area contributed by atoms with Crippen LogP contribution in [0.2, 0.25) is 0 Å². The second kappa shape index (κ2) is 6.75. The van der Waals surface area contributed by atoms with Crippen LogP contribution in [0.5, 0.6) is 0 Å². The fraction of sp³-hybridized carbons (Fsp3) is 0.176. The maximum absolute atomic E-state index is 12.6. The molecule has 26 heavy (non-hydrogen) atoms. The molecule has 1 heterocycles. The maximum Gasteiger partial charge on any atom is 0.295 e. The Hall–Kier alpha value is -2.36. The Balaban J connectivity index is 1.79. The molecule has 7 nitrogen and oxygen atoms in total. The summed E-state index contributed by atoms with van der Waals surface area (Å²) < 4.78 is 22.6. The van der Waals surface area contributed by atoms with Crippen molar-refractivity contribution in [3.63, 3.8) is 0 Å². The van der Waals surface area contributed by atoms with Crippen molar-refractivity contribution < 1.29 is 18.0 Å². The van der Waals surface area contributed by atoms with Crippen LogP contribution in [0.25, 0.3) is 0 Å². The zero-order chi connectivity index (χ0) is 19.1. The van der Waals surface area contributed by atoms with Gasteiger partial charge in [-0.15, -0.1) is 0 Å². The number of nitrogens with two attached hydrogens (primary N) is 1. The molecule has 0 bridgehead atoms. The van der Waals surface area contributed by atoms with Gasteiger partial charge < -0.3 is 5.32 Å². The lowest BCUT2D eigenvalue weighted by Gasteiger charge is -2.16. The lowest BCUT2D eigenvalue weighted by atomic mass is 10.1. The molecule has 1 aliphatic heterocycles. The lowest BCUT2D eigenvalue weighted by Crippen LogP contribution is -2.34. The summed E-state index contributed by atoms with van der Waals surface area (Å²) in [4.78, 5) is 26.1. The molecule has 136 valence electrons. The van der Waals surface area contributed by atoms with Crippen LogP contribution < -0.4 is 15.4 Å². The first kappa shape index (κ1) is 18.4. The number of primary sulfonamides is 1. The molecule has 0 spiro atoms. The van der Waals surface area contributed by atoms with E-state index >= 15 is 0 Å². The highest BCUT2D eigenvalue weighted by Gasteiger charge is 2.40. The molecule has 0 saturated carbocycles. The smallest absolute Gasteiger partial charge is 0.295 e. The van der Waals surface area contributed by atoms with Gasteiger partial charge in [0, 0.05) is 5.69 Å². The second-order valence-electron chi connectivity index (χ2n) is 5.92. The van der Waals surface area contributed by atoms with E-state index in [0.29, 0.717) is 11.4 Å². The van der Waals surface area contributed by atoms with Gasteiger partial charge in [0.1, 0.15) is 0 Å². The number of nitrogens with one attached hydrogen (secondary N) is 1. The van der Waals surface area contributed by atoms with Gasteiger partial charge in [0.2, 0.25) is 10.0 Å². The highest BCUT2D eigenvalue weighted by Crippen LogP contribution is 2.33. The van der Waals surface area contributed by atoms with Gasteiger partial charge in [-0.25, -0.2) is 18.5 Å². The van der Waals surface area contributed by atoms with Gasteiger partial charge in [-0.2, -0.15) is 0 Å². The Morgan fingerprint density at radius 1 is 1.04 bits per heavy atom. The Kier molecular flexibility index (Phi) is 4.78. The third kappa shape index (κ3) is 3.59. The number of sulfonamides is 1. The molecular formula is C17H17N3O4S2.